The van der Waals surface area contributed by atoms with Crippen LogP contribution in [0.4, 0.5) is 0 Å². The van der Waals surface area contributed by atoms with E-state index in [0.717, 1.165) is 32.6 Å². The molecule has 2 heterocycles. The predicted octanol–water partition coefficient (Wildman–Crippen LogP) is 5.31. The lowest BCUT2D eigenvalue weighted by Crippen LogP contribution is -2.14. The summed E-state index contributed by atoms with van der Waals surface area (Å²) >= 11 is 1.64. The Morgan fingerprint density at radius 2 is 1.76 bits per heavy atom. The van der Waals surface area contributed by atoms with Crippen molar-refractivity contribution in [1.29, 1.82) is 0 Å². The van der Waals surface area contributed by atoms with Crippen molar-refractivity contribution in [2.45, 2.75) is 5.92 Å². The highest BCUT2D eigenvalue weighted by molar-refractivity contribution is 7.13. The first-order valence-corrected chi connectivity index (χ1v) is 8.93. The summed E-state index contributed by atoms with van der Waals surface area (Å²) in [5, 5.41) is 14.5. The second-order valence-corrected chi connectivity index (χ2v) is 6.86. The van der Waals surface area contributed by atoms with Crippen LogP contribution in [0.2, 0.25) is 0 Å². The molecule has 4 rings (SSSR count). The second-order valence-electron chi connectivity index (χ2n) is 5.92. The van der Waals surface area contributed by atoms with Crippen LogP contribution in [0.5, 0.6) is 0 Å². The molecule has 1 unspecified atom stereocenters. The van der Waals surface area contributed by atoms with Gasteiger partial charge in [0.05, 0.1) is 16.5 Å². The van der Waals surface area contributed by atoms with Gasteiger partial charge < -0.3 is 4.98 Å². The summed E-state index contributed by atoms with van der Waals surface area (Å²) in [5.74, 6) is -0.301. The summed E-state index contributed by atoms with van der Waals surface area (Å²) in [6.07, 6.45) is 0. The number of nitro groups is 1. The molecule has 0 aliphatic heterocycles. The minimum atomic E-state index is -0.301. The maximum absolute atomic E-state index is 11.4. The maximum atomic E-state index is 11.4. The second kappa shape index (κ2) is 6.53. The highest BCUT2D eigenvalue weighted by atomic mass is 32.1. The molecule has 0 saturated heterocycles. The van der Waals surface area contributed by atoms with E-state index in [9.17, 15) is 10.1 Å². The van der Waals surface area contributed by atoms with Crippen molar-refractivity contribution in [3.05, 3.63) is 93.4 Å². The molecule has 0 aliphatic carbocycles. The zero-order valence-corrected chi connectivity index (χ0v) is 14.2. The number of H-pyrrole nitrogens is 1. The highest BCUT2D eigenvalue weighted by Crippen LogP contribution is 2.40. The van der Waals surface area contributed by atoms with Gasteiger partial charge in [0, 0.05) is 21.4 Å². The Balaban J connectivity index is 1.99. The van der Waals surface area contributed by atoms with E-state index in [0.29, 0.717) is 0 Å². The van der Waals surface area contributed by atoms with Gasteiger partial charge in [0.2, 0.25) is 6.54 Å². The van der Waals surface area contributed by atoms with Crippen molar-refractivity contribution in [2.24, 2.45) is 0 Å². The van der Waals surface area contributed by atoms with Gasteiger partial charge in [-0.05, 0) is 23.1 Å². The maximum Gasteiger partial charge on any atom is 0.214 e. The lowest BCUT2D eigenvalue weighted by Gasteiger charge is -2.15. The molecule has 0 aliphatic rings. The summed E-state index contributed by atoms with van der Waals surface area (Å²) in [6, 6.07) is 21.8. The molecular formula is C20H16N2O2S. The van der Waals surface area contributed by atoms with E-state index in [4.69, 9.17) is 0 Å². The zero-order valence-electron chi connectivity index (χ0n) is 13.4. The summed E-state index contributed by atoms with van der Waals surface area (Å²) in [7, 11) is 0. The average molecular weight is 348 g/mol. The van der Waals surface area contributed by atoms with E-state index in [2.05, 4.69) is 4.98 Å². The van der Waals surface area contributed by atoms with E-state index in [1.807, 2.05) is 72.1 Å². The van der Waals surface area contributed by atoms with E-state index < -0.39 is 0 Å². The molecule has 0 spiro atoms. The smallest absolute Gasteiger partial charge is 0.214 e. The first-order chi connectivity index (χ1) is 12.2. The molecule has 124 valence electrons. The molecule has 25 heavy (non-hydrogen) atoms. The number of benzene rings is 2. The van der Waals surface area contributed by atoms with Gasteiger partial charge in [-0.1, -0.05) is 54.6 Å². The largest absolute Gasteiger partial charge is 0.354 e. The number of hydrogen-bond donors (Lipinski definition) is 1. The summed E-state index contributed by atoms with van der Waals surface area (Å²) < 4.78 is 0. The van der Waals surface area contributed by atoms with Crippen LogP contribution in [-0.2, 0) is 0 Å². The molecule has 1 atom stereocenters. The van der Waals surface area contributed by atoms with E-state index in [1.54, 1.807) is 11.3 Å². The monoisotopic (exact) mass is 348 g/mol. The van der Waals surface area contributed by atoms with Crippen molar-refractivity contribution in [2.75, 3.05) is 6.54 Å². The Kier molecular flexibility index (Phi) is 4.07. The molecular weight excluding hydrogens is 332 g/mol. The van der Waals surface area contributed by atoms with Crippen LogP contribution in [0.1, 0.15) is 17.0 Å². The van der Waals surface area contributed by atoms with E-state index in [-0.39, 0.29) is 17.4 Å². The lowest BCUT2D eigenvalue weighted by molar-refractivity contribution is -0.481. The Hall–Kier alpha value is -2.92. The van der Waals surface area contributed by atoms with Crippen LogP contribution in [-0.4, -0.2) is 16.5 Å². The molecule has 0 saturated carbocycles. The minimum Gasteiger partial charge on any atom is -0.354 e. The molecule has 4 nitrogen and oxygen atoms in total. The Labute approximate surface area is 148 Å². The van der Waals surface area contributed by atoms with Gasteiger partial charge in [-0.3, -0.25) is 10.1 Å². The van der Waals surface area contributed by atoms with Gasteiger partial charge >= 0.3 is 0 Å². The number of para-hydroxylation sites is 1. The Morgan fingerprint density at radius 3 is 2.48 bits per heavy atom. The van der Waals surface area contributed by atoms with E-state index in [1.165, 1.54) is 0 Å². The predicted molar refractivity (Wildman–Crippen MR) is 102 cm³/mol. The van der Waals surface area contributed by atoms with Crippen molar-refractivity contribution < 1.29 is 4.92 Å². The normalized spacial score (nSPS) is 12.3. The number of rotatable bonds is 5. The van der Waals surface area contributed by atoms with Gasteiger partial charge in [0.15, 0.2) is 0 Å². The number of thiophene rings is 1. The third-order valence-electron chi connectivity index (χ3n) is 4.40. The number of aromatic nitrogens is 1. The lowest BCUT2D eigenvalue weighted by atomic mass is 9.89. The van der Waals surface area contributed by atoms with Gasteiger partial charge in [0.1, 0.15) is 0 Å². The fourth-order valence-electron chi connectivity index (χ4n) is 3.34. The van der Waals surface area contributed by atoms with Gasteiger partial charge in [-0.25, -0.2) is 0 Å². The summed E-state index contributed by atoms with van der Waals surface area (Å²) in [4.78, 5) is 15.8. The number of fused-ring (bicyclic) bond motifs is 1. The number of aromatic amines is 1. The van der Waals surface area contributed by atoms with Crippen molar-refractivity contribution in [1.82, 2.24) is 4.98 Å². The standard InChI is InChI=1S/C20H16N2O2S/c23-22(24)13-16(14-7-2-1-3-8-14)19-15-9-4-5-10-17(15)21-20(19)18-11-6-12-25-18/h1-12,16,21H,13H2. The van der Waals surface area contributed by atoms with Crippen LogP contribution < -0.4 is 0 Å². The molecule has 2 aromatic carbocycles. The molecule has 5 heteroatoms. The number of hydrogen-bond acceptors (Lipinski definition) is 3. The zero-order chi connectivity index (χ0) is 17.2. The van der Waals surface area contributed by atoms with Crippen LogP contribution in [0, 0.1) is 10.1 Å². The van der Waals surface area contributed by atoms with Crippen LogP contribution in [0.3, 0.4) is 0 Å². The molecule has 2 aromatic heterocycles. The van der Waals surface area contributed by atoms with Crippen molar-refractivity contribution >= 4 is 22.2 Å². The van der Waals surface area contributed by atoms with Crippen molar-refractivity contribution in [3.63, 3.8) is 0 Å². The van der Waals surface area contributed by atoms with Crippen molar-refractivity contribution in [3.8, 4) is 10.6 Å². The molecule has 0 fully saturated rings. The number of nitrogens with zero attached hydrogens (tertiary/aromatic N) is 1. The van der Waals surface area contributed by atoms with Gasteiger partial charge in [-0.15, -0.1) is 11.3 Å². The third kappa shape index (κ3) is 2.94. The minimum absolute atomic E-state index is 0.135. The summed E-state index contributed by atoms with van der Waals surface area (Å²) in [6.45, 7) is -0.135. The summed E-state index contributed by atoms with van der Waals surface area (Å²) in [5.41, 5.74) is 3.94. The Bertz CT molecular complexity index is 1010. The fraction of sp³-hybridized carbons (Fsp3) is 0.100. The topological polar surface area (TPSA) is 58.9 Å². The molecule has 0 amide bonds. The SMILES string of the molecule is O=[N+]([O-])CC(c1ccccc1)c1c(-c2cccs2)[nH]c2ccccc12. The van der Waals surface area contributed by atoms with E-state index >= 15 is 0 Å². The first-order valence-electron chi connectivity index (χ1n) is 8.05. The van der Waals surface area contributed by atoms with Crippen LogP contribution in [0.25, 0.3) is 21.5 Å². The molecule has 1 N–H and O–H groups in total. The molecule has 0 bridgehead atoms. The first kappa shape index (κ1) is 15.6. The van der Waals surface area contributed by atoms with Crippen LogP contribution in [0.15, 0.2) is 72.1 Å². The average Bonchev–Trinajstić information content (AvgIpc) is 3.28. The number of nitrogens with one attached hydrogen (secondary N) is 1. The van der Waals surface area contributed by atoms with Gasteiger partial charge in [-0.2, -0.15) is 0 Å². The van der Waals surface area contributed by atoms with Gasteiger partial charge in [0.25, 0.3) is 0 Å². The molecule has 0 radical (unpaired) electrons. The fourth-order valence-corrected chi connectivity index (χ4v) is 4.08. The quantitative estimate of drug-likeness (QED) is 0.393. The van der Waals surface area contributed by atoms with Crippen LogP contribution >= 0.6 is 11.3 Å². The molecule has 4 aromatic rings. The Morgan fingerprint density at radius 1 is 1.00 bits per heavy atom. The highest BCUT2D eigenvalue weighted by Gasteiger charge is 2.27. The third-order valence-corrected chi connectivity index (χ3v) is 5.28.